The molecular weight excluding hydrogens is 256 g/mol. The van der Waals surface area contributed by atoms with Gasteiger partial charge in [-0.2, -0.15) is 0 Å². The maximum absolute atomic E-state index is 6.93. The van der Waals surface area contributed by atoms with Crippen LogP contribution in [0.25, 0.3) is 10.9 Å². The molecule has 1 unspecified atom stereocenters. The van der Waals surface area contributed by atoms with Gasteiger partial charge in [-0.1, -0.05) is 42.5 Å². The molecule has 104 valence electrons. The summed E-state index contributed by atoms with van der Waals surface area (Å²) in [5.41, 5.74) is 11.4. The molecule has 21 heavy (non-hydrogen) atoms. The van der Waals surface area contributed by atoms with Crippen LogP contribution < -0.4 is 5.73 Å². The van der Waals surface area contributed by atoms with E-state index in [-0.39, 0.29) is 0 Å². The molecule has 0 saturated carbocycles. The van der Waals surface area contributed by atoms with Crippen molar-refractivity contribution in [2.24, 2.45) is 5.73 Å². The fraction of sp³-hybridized carbons (Fsp3) is 0.211. The Morgan fingerprint density at radius 2 is 1.76 bits per heavy atom. The average molecular weight is 274 g/mol. The Bertz CT molecular complexity index is 804. The number of pyridine rings is 1. The average Bonchev–Trinajstić information content (AvgIpc) is 2.55. The van der Waals surface area contributed by atoms with Crippen LogP contribution in [-0.4, -0.2) is 4.98 Å². The molecule has 1 aliphatic rings. The normalized spacial score (nSPS) is 21.2. The summed E-state index contributed by atoms with van der Waals surface area (Å²) < 4.78 is 0. The molecule has 0 amide bonds. The highest BCUT2D eigenvalue weighted by Gasteiger charge is 2.35. The second kappa shape index (κ2) is 4.68. The van der Waals surface area contributed by atoms with E-state index in [2.05, 4.69) is 53.5 Å². The third kappa shape index (κ3) is 1.87. The summed E-state index contributed by atoms with van der Waals surface area (Å²) in [5, 5.41) is 1.17. The smallest absolute Gasteiger partial charge is 0.0705 e. The molecule has 2 N–H and O–H groups in total. The van der Waals surface area contributed by atoms with E-state index in [1.54, 1.807) is 0 Å². The molecule has 1 atom stereocenters. The minimum Gasteiger partial charge on any atom is -0.318 e. The molecule has 2 aromatic carbocycles. The molecule has 0 aliphatic heterocycles. The SMILES string of the molecule is NC1(c2cccc3ncccc23)CCCc2ccccc21. The third-order valence-corrected chi connectivity index (χ3v) is 4.64. The highest BCUT2D eigenvalue weighted by molar-refractivity contribution is 5.83. The minimum absolute atomic E-state index is 0.405. The van der Waals surface area contributed by atoms with Crippen LogP contribution in [0.1, 0.15) is 29.5 Å². The minimum atomic E-state index is -0.405. The van der Waals surface area contributed by atoms with E-state index in [9.17, 15) is 0 Å². The molecule has 0 spiro atoms. The molecule has 1 aliphatic carbocycles. The van der Waals surface area contributed by atoms with Crippen LogP contribution in [0.5, 0.6) is 0 Å². The van der Waals surface area contributed by atoms with Gasteiger partial charge in [0.2, 0.25) is 0 Å². The third-order valence-electron chi connectivity index (χ3n) is 4.64. The van der Waals surface area contributed by atoms with E-state index >= 15 is 0 Å². The molecule has 4 rings (SSSR count). The van der Waals surface area contributed by atoms with Gasteiger partial charge in [0.15, 0.2) is 0 Å². The lowest BCUT2D eigenvalue weighted by atomic mass is 9.72. The van der Waals surface area contributed by atoms with Gasteiger partial charge >= 0.3 is 0 Å². The first-order chi connectivity index (χ1) is 10.3. The quantitative estimate of drug-likeness (QED) is 0.733. The van der Waals surface area contributed by atoms with Crippen molar-refractivity contribution < 1.29 is 0 Å². The molecular formula is C19H18N2. The Morgan fingerprint density at radius 3 is 2.71 bits per heavy atom. The van der Waals surface area contributed by atoms with Crippen LogP contribution in [0, 0.1) is 0 Å². The van der Waals surface area contributed by atoms with Gasteiger partial charge in [0.1, 0.15) is 0 Å². The van der Waals surface area contributed by atoms with Crippen LogP contribution in [-0.2, 0) is 12.0 Å². The summed E-state index contributed by atoms with van der Waals surface area (Å²) >= 11 is 0. The van der Waals surface area contributed by atoms with Crippen LogP contribution in [0.4, 0.5) is 0 Å². The number of benzene rings is 2. The second-order valence-electron chi connectivity index (χ2n) is 5.86. The Balaban J connectivity index is 2.01. The maximum atomic E-state index is 6.93. The molecule has 0 radical (unpaired) electrons. The number of hydrogen-bond donors (Lipinski definition) is 1. The molecule has 2 nitrogen and oxygen atoms in total. The Morgan fingerprint density at radius 1 is 0.905 bits per heavy atom. The van der Waals surface area contributed by atoms with Crippen molar-refractivity contribution in [2.75, 3.05) is 0 Å². The van der Waals surface area contributed by atoms with Gasteiger partial charge in [0, 0.05) is 11.6 Å². The number of aryl methyl sites for hydroxylation is 1. The highest BCUT2D eigenvalue weighted by Crippen LogP contribution is 2.40. The van der Waals surface area contributed by atoms with E-state index in [4.69, 9.17) is 5.73 Å². The fourth-order valence-electron chi connectivity index (χ4n) is 3.64. The van der Waals surface area contributed by atoms with E-state index in [1.165, 1.54) is 22.1 Å². The zero-order valence-electron chi connectivity index (χ0n) is 11.9. The first-order valence-corrected chi connectivity index (χ1v) is 7.50. The van der Waals surface area contributed by atoms with Gasteiger partial charge in [-0.05, 0) is 48.1 Å². The molecule has 1 aromatic heterocycles. The number of hydrogen-bond acceptors (Lipinski definition) is 2. The summed E-state index contributed by atoms with van der Waals surface area (Å²) in [4.78, 5) is 4.47. The summed E-state index contributed by atoms with van der Waals surface area (Å²) in [6.07, 6.45) is 5.07. The first-order valence-electron chi connectivity index (χ1n) is 7.50. The van der Waals surface area contributed by atoms with E-state index < -0.39 is 5.54 Å². The molecule has 0 saturated heterocycles. The number of rotatable bonds is 1. The first kappa shape index (κ1) is 12.5. The summed E-state index contributed by atoms with van der Waals surface area (Å²) in [6.45, 7) is 0. The molecule has 0 bridgehead atoms. The summed E-state index contributed by atoms with van der Waals surface area (Å²) in [5.74, 6) is 0. The second-order valence-corrected chi connectivity index (χ2v) is 5.86. The largest absolute Gasteiger partial charge is 0.318 e. The van der Waals surface area contributed by atoms with Gasteiger partial charge in [-0.25, -0.2) is 0 Å². The van der Waals surface area contributed by atoms with Gasteiger partial charge in [-0.15, -0.1) is 0 Å². The zero-order valence-corrected chi connectivity index (χ0v) is 11.9. The van der Waals surface area contributed by atoms with Crippen LogP contribution in [0.15, 0.2) is 60.8 Å². The number of nitrogens with zero attached hydrogens (tertiary/aromatic N) is 1. The molecule has 2 heteroatoms. The molecule has 0 fully saturated rings. The maximum Gasteiger partial charge on any atom is 0.0705 e. The van der Waals surface area contributed by atoms with Crippen molar-refractivity contribution in [2.45, 2.75) is 24.8 Å². The number of fused-ring (bicyclic) bond motifs is 2. The summed E-state index contributed by atoms with van der Waals surface area (Å²) in [6, 6.07) is 19.0. The Labute approximate surface area is 124 Å². The monoisotopic (exact) mass is 274 g/mol. The van der Waals surface area contributed by atoms with Gasteiger partial charge in [-0.3, -0.25) is 4.98 Å². The van der Waals surface area contributed by atoms with Crippen LogP contribution in [0.2, 0.25) is 0 Å². The number of nitrogens with two attached hydrogens (primary N) is 1. The van der Waals surface area contributed by atoms with Crippen molar-refractivity contribution in [1.29, 1.82) is 0 Å². The molecule has 3 aromatic rings. The highest BCUT2D eigenvalue weighted by atomic mass is 14.8. The predicted molar refractivity (Wildman–Crippen MR) is 86.1 cm³/mol. The lowest BCUT2D eigenvalue weighted by Gasteiger charge is -2.37. The Kier molecular flexibility index (Phi) is 2.79. The lowest BCUT2D eigenvalue weighted by Crippen LogP contribution is -2.41. The van der Waals surface area contributed by atoms with Crippen LogP contribution >= 0.6 is 0 Å². The predicted octanol–water partition coefficient (Wildman–Crippen LogP) is 3.77. The topological polar surface area (TPSA) is 38.9 Å². The van der Waals surface area contributed by atoms with Crippen molar-refractivity contribution in [3.8, 4) is 0 Å². The van der Waals surface area contributed by atoms with Crippen molar-refractivity contribution in [1.82, 2.24) is 4.98 Å². The van der Waals surface area contributed by atoms with Gasteiger partial charge in [0.25, 0.3) is 0 Å². The van der Waals surface area contributed by atoms with E-state index in [1.807, 2.05) is 12.3 Å². The molecule has 1 heterocycles. The van der Waals surface area contributed by atoms with Crippen molar-refractivity contribution >= 4 is 10.9 Å². The summed E-state index contributed by atoms with van der Waals surface area (Å²) in [7, 11) is 0. The van der Waals surface area contributed by atoms with E-state index in [0.29, 0.717) is 0 Å². The van der Waals surface area contributed by atoms with Gasteiger partial charge in [0.05, 0.1) is 11.1 Å². The Hall–Kier alpha value is -2.19. The van der Waals surface area contributed by atoms with Gasteiger partial charge < -0.3 is 5.73 Å². The zero-order chi connectivity index (χ0) is 14.3. The number of aromatic nitrogens is 1. The van der Waals surface area contributed by atoms with E-state index in [0.717, 1.165) is 24.8 Å². The van der Waals surface area contributed by atoms with Crippen molar-refractivity contribution in [3.05, 3.63) is 77.5 Å². The standard InChI is InChI=1S/C19H18N2/c20-19(12-4-7-14-6-1-2-9-16(14)19)17-10-3-11-18-15(17)8-5-13-21-18/h1-3,5-6,8-11,13H,4,7,12,20H2. The lowest BCUT2D eigenvalue weighted by molar-refractivity contribution is 0.446. The van der Waals surface area contributed by atoms with Crippen molar-refractivity contribution in [3.63, 3.8) is 0 Å². The van der Waals surface area contributed by atoms with Crippen LogP contribution in [0.3, 0.4) is 0 Å². The fourth-order valence-corrected chi connectivity index (χ4v) is 3.64.